The molecule has 3 atom stereocenters. The molecule has 0 aromatic carbocycles. The minimum atomic E-state index is -0.621. The third-order valence-electron chi connectivity index (χ3n) is 4.03. The molecule has 1 aliphatic heterocycles. The molecule has 7 heteroatoms. The number of nitrogens with zero attached hydrogens (tertiary/aromatic N) is 1. The van der Waals surface area contributed by atoms with Crippen molar-refractivity contribution in [3.05, 3.63) is 0 Å². The van der Waals surface area contributed by atoms with Crippen LogP contribution in [0.15, 0.2) is 0 Å². The number of rotatable bonds is 4. The molecule has 0 radical (unpaired) electrons. The van der Waals surface area contributed by atoms with Crippen molar-refractivity contribution in [1.82, 2.24) is 10.2 Å². The molecule has 3 N–H and O–H groups in total. The SMILES string of the molecule is C[C@@H]1C[C@H](C)N(C(=O)CC(N)=O)C[C@@H]1CNC(=O)OC(C)(C)C. The Morgan fingerprint density at radius 3 is 2.39 bits per heavy atom. The van der Waals surface area contributed by atoms with Gasteiger partial charge in [0.2, 0.25) is 11.8 Å². The molecule has 0 unspecified atom stereocenters. The summed E-state index contributed by atoms with van der Waals surface area (Å²) in [4.78, 5) is 36.5. The Morgan fingerprint density at radius 2 is 1.87 bits per heavy atom. The maximum atomic E-state index is 12.1. The van der Waals surface area contributed by atoms with Gasteiger partial charge >= 0.3 is 6.09 Å². The predicted octanol–water partition coefficient (Wildman–Crippen LogP) is 1.26. The second-order valence-corrected chi connectivity index (χ2v) is 7.39. The van der Waals surface area contributed by atoms with Crippen molar-refractivity contribution in [2.75, 3.05) is 13.1 Å². The van der Waals surface area contributed by atoms with E-state index < -0.39 is 17.6 Å². The number of hydrogen-bond acceptors (Lipinski definition) is 4. The van der Waals surface area contributed by atoms with Gasteiger partial charge in [-0.2, -0.15) is 0 Å². The lowest BCUT2D eigenvalue weighted by Gasteiger charge is -2.41. The highest BCUT2D eigenvalue weighted by Gasteiger charge is 2.34. The van der Waals surface area contributed by atoms with Crippen LogP contribution in [0.1, 0.15) is 47.5 Å². The average molecular weight is 327 g/mol. The maximum Gasteiger partial charge on any atom is 0.407 e. The van der Waals surface area contributed by atoms with Crippen molar-refractivity contribution in [3.8, 4) is 0 Å². The van der Waals surface area contributed by atoms with Crippen LogP contribution in [0.5, 0.6) is 0 Å². The fourth-order valence-corrected chi connectivity index (χ4v) is 2.86. The fourth-order valence-electron chi connectivity index (χ4n) is 2.86. The van der Waals surface area contributed by atoms with Crippen LogP contribution in [-0.4, -0.2) is 47.5 Å². The van der Waals surface area contributed by atoms with Crippen LogP contribution >= 0.6 is 0 Å². The van der Waals surface area contributed by atoms with Crippen LogP contribution < -0.4 is 11.1 Å². The van der Waals surface area contributed by atoms with Gasteiger partial charge in [0.15, 0.2) is 0 Å². The molecule has 0 bridgehead atoms. The number of ether oxygens (including phenoxy) is 1. The Balaban J connectivity index is 2.59. The van der Waals surface area contributed by atoms with Gasteiger partial charge < -0.3 is 20.7 Å². The second kappa shape index (κ2) is 7.66. The van der Waals surface area contributed by atoms with Gasteiger partial charge in [-0.1, -0.05) is 6.92 Å². The maximum absolute atomic E-state index is 12.1. The van der Waals surface area contributed by atoms with E-state index in [0.717, 1.165) is 6.42 Å². The molecule has 0 saturated carbocycles. The highest BCUT2D eigenvalue weighted by Crippen LogP contribution is 2.27. The minimum absolute atomic E-state index is 0.0645. The molecular formula is C16H29N3O4. The molecule has 7 nitrogen and oxygen atoms in total. The number of alkyl carbamates (subject to hydrolysis) is 1. The number of carbonyl (C=O) groups is 3. The molecule has 1 fully saturated rings. The van der Waals surface area contributed by atoms with Crippen molar-refractivity contribution in [1.29, 1.82) is 0 Å². The van der Waals surface area contributed by atoms with Crippen molar-refractivity contribution in [2.45, 2.75) is 59.1 Å². The molecule has 0 spiro atoms. The smallest absolute Gasteiger partial charge is 0.407 e. The first-order chi connectivity index (χ1) is 10.5. The van der Waals surface area contributed by atoms with Crippen molar-refractivity contribution in [3.63, 3.8) is 0 Å². The van der Waals surface area contributed by atoms with E-state index in [4.69, 9.17) is 10.5 Å². The summed E-state index contributed by atoms with van der Waals surface area (Å²) in [6, 6.07) is 0.0645. The van der Waals surface area contributed by atoms with E-state index >= 15 is 0 Å². The van der Waals surface area contributed by atoms with Gasteiger partial charge in [-0.25, -0.2) is 4.79 Å². The van der Waals surface area contributed by atoms with E-state index in [1.54, 1.807) is 4.90 Å². The van der Waals surface area contributed by atoms with Gasteiger partial charge in [0.1, 0.15) is 12.0 Å². The molecule has 0 aromatic rings. The summed E-state index contributed by atoms with van der Waals surface area (Å²) in [5, 5.41) is 2.76. The number of likely N-dealkylation sites (tertiary alicyclic amines) is 1. The first-order valence-corrected chi connectivity index (χ1v) is 8.04. The van der Waals surface area contributed by atoms with E-state index in [1.165, 1.54) is 0 Å². The number of primary amides is 1. The zero-order chi connectivity index (χ0) is 17.8. The number of carbonyl (C=O) groups excluding carboxylic acids is 3. The highest BCUT2D eigenvalue weighted by molar-refractivity contribution is 5.96. The van der Waals surface area contributed by atoms with Gasteiger partial charge in [-0.3, -0.25) is 9.59 Å². The molecule has 0 aliphatic carbocycles. The standard InChI is InChI=1S/C16H29N3O4/c1-10-6-11(2)19(14(21)7-13(17)20)9-12(10)8-18-15(22)23-16(3,4)5/h10-12H,6-9H2,1-5H3,(H2,17,20)(H,18,22)/t10-,11+,12+/m1/s1. The Bertz CT molecular complexity index is 459. The van der Waals surface area contributed by atoms with E-state index in [1.807, 2.05) is 27.7 Å². The van der Waals surface area contributed by atoms with Gasteiger partial charge in [-0.15, -0.1) is 0 Å². The lowest BCUT2D eigenvalue weighted by atomic mass is 9.83. The summed E-state index contributed by atoms with van der Waals surface area (Å²) in [5.41, 5.74) is 4.56. The van der Waals surface area contributed by atoms with Crippen LogP contribution in [0.25, 0.3) is 0 Å². The van der Waals surface area contributed by atoms with Gasteiger partial charge in [0.05, 0.1) is 0 Å². The van der Waals surface area contributed by atoms with E-state index in [2.05, 4.69) is 12.2 Å². The molecule has 1 aliphatic rings. The van der Waals surface area contributed by atoms with Gasteiger partial charge in [0, 0.05) is 19.1 Å². The zero-order valence-corrected chi connectivity index (χ0v) is 14.7. The Kier molecular flexibility index (Phi) is 6.41. The molecule has 23 heavy (non-hydrogen) atoms. The number of nitrogens with two attached hydrogens (primary N) is 1. The third-order valence-corrected chi connectivity index (χ3v) is 4.03. The molecule has 1 heterocycles. The molecule has 0 aromatic heterocycles. The first kappa shape index (κ1) is 19.3. The van der Waals surface area contributed by atoms with Gasteiger partial charge in [0.25, 0.3) is 0 Å². The minimum Gasteiger partial charge on any atom is -0.444 e. The summed E-state index contributed by atoms with van der Waals surface area (Å²) in [6.45, 7) is 10.4. The molecule has 1 rings (SSSR count). The lowest BCUT2D eigenvalue weighted by molar-refractivity contribution is -0.139. The number of piperidine rings is 1. The summed E-state index contributed by atoms with van der Waals surface area (Å²) in [6.07, 6.45) is 0.0918. The van der Waals surface area contributed by atoms with Crippen LogP contribution in [0, 0.1) is 11.8 Å². The summed E-state index contributed by atoms with van der Waals surface area (Å²) < 4.78 is 5.22. The Labute approximate surface area is 137 Å². The van der Waals surface area contributed by atoms with Crippen molar-refractivity contribution < 1.29 is 19.1 Å². The van der Waals surface area contributed by atoms with Crippen LogP contribution in [0.4, 0.5) is 4.79 Å². The average Bonchev–Trinajstić information content (AvgIpc) is 2.34. The largest absolute Gasteiger partial charge is 0.444 e. The number of hydrogen-bond donors (Lipinski definition) is 2. The number of amides is 3. The summed E-state index contributed by atoms with van der Waals surface area (Å²) in [7, 11) is 0. The van der Waals surface area contributed by atoms with E-state index in [-0.39, 0.29) is 24.3 Å². The molecule has 1 saturated heterocycles. The van der Waals surface area contributed by atoms with Crippen molar-refractivity contribution in [2.24, 2.45) is 17.6 Å². The quantitative estimate of drug-likeness (QED) is 0.759. The first-order valence-electron chi connectivity index (χ1n) is 8.04. The summed E-state index contributed by atoms with van der Waals surface area (Å²) >= 11 is 0. The second-order valence-electron chi connectivity index (χ2n) is 7.39. The van der Waals surface area contributed by atoms with E-state index in [9.17, 15) is 14.4 Å². The van der Waals surface area contributed by atoms with Gasteiger partial charge in [-0.05, 0) is 46.0 Å². The normalized spacial score (nSPS) is 24.9. The fraction of sp³-hybridized carbons (Fsp3) is 0.812. The third kappa shape index (κ3) is 6.46. The van der Waals surface area contributed by atoms with Crippen LogP contribution in [0.3, 0.4) is 0 Å². The lowest BCUT2D eigenvalue weighted by Crippen LogP contribution is -2.51. The molecule has 3 amide bonds. The molecular weight excluding hydrogens is 298 g/mol. The van der Waals surface area contributed by atoms with Crippen LogP contribution in [0.2, 0.25) is 0 Å². The topological polar surface area (TPSA) is 102 Å². The Hall–Kier alpha value is -1.79. The van der Waals surface area contributed by atoms with Crippen LogP contribution in [-0.2, 0) is 14.3 Å². The van der Waals surface area contributed by atoms with Crippen molar-refractivity contribution >= 4 is 17.9 Å². The summed E-state index contributed by atoms with van der Waals surface area (Å²) in [5.74, 6) is -0.392. The number of nitrogens with one attached hydrogen (secondary N) is 1. The monoisotopic (exact) mass is 327 g/mol. The highest BCUT2D eigenvalue weighted by atomic mass is 16.6. The van der Waals surface area contributed by atoms with E-state index in [0.29, 0.717) is 19.0 Å². The Morgan fingerprint density at radius 1 is 1.26 bits per heavy atom. The zero-order valence-electron chi connectivity index (χ0n) is 14.7. The predicted molar refractivity (Wildman–Crippen MR) is 86.5 cm³/mol. The molecule has 132 valence electrons.